The van der Waals surface area contributed by atoms with Crippen LogP contribution in [0.1, 0.15) is 6.92 Å². The molecule has 5 atom stereocenters. The van der Waals surface area contributed by atoms with E-state index in [-0.39, 0.29) is 0 Å². The van der Waals surface area contributed by atoms with Crippen LogP contribution in [0.3, 0.4) is 0 Å². The van der Waals surface area contributed by atoms with Crippen molar-refractivity contribution in [3.05, 3.63) is 0 Å². The van der Waals surface area contributed by atoms with Gasteiger partial charge in [-0.2, -0.15) is 0 Å². The van der Waals surface area contributed by atoms with E-state index in [0.29, 0.717) is 0 Å². The lowest BCUT2D eigenvalue weighted by Crippen LogP contribution is -2.67. The molecule has 1 aliphatic heterocycles. The second-order valence-corrected chi connectivity index (χ2v) is 3.52. The molecule has 0 aromatic carbocycles. The highest BCUT2D eigenvalue weighted by Gasteiger charge is 2.55. The van der Waals surface area contributed by atoms with Crippen LogP contribution in [-0.4, -0.2) is 68.1 Å². The van der Waals surface area contributed by atoms with Crippen molar-refractivity contribution in [2.45, 2.75) is 37.1 Å². The van der Waals surface area contributed by atoms with Gasteiger partial charge in [-0.05, 0) is 0 Å². The molecule has 88 valence electrons. The first kappa shape index (κ1) is 12.5. The van der Waals surface area contributed by atoms with Crippen LogP contribution in [0.2, 0.25) is 0 Å². The molecular formula is C8H14O7. The van der Waals surface area contributed by atoms with Crippen LogP contribution in [0, 0.1) is 0 Å². The second-order valence-electron chi connectivity index (χ2n) is 3.52. The number of carbonyl (C=O) groups is 1. The van der Waals surface area contributed by atoms with Gasteiger partial charge >= 0.3 is 0 Å². The summed E-state index contributed by atoms with van der Waals surface area (Å²) in [7, 11) is 0. The van der Waals surface area contributed by atoms with E-state index in [9.17, 15) is 25.2 Å². The topological polar surface area (TPSA) is 127 Å². The Kier molecular flexibility index (Phi) is 3.44. The zero-order valence-corrected chi connectivity index (χ0v) is 8.07. The maximum atomic E-state index is 11.0. The Bertz CT molecular complexity index is 253. The fraction of sp³-hybridized carbons (Fsp3) is 0.875. The molecule has 1 saturated heterocycles. The highest BCUT2D eigenvalue weighted by Crippen LogP contribution is 2.28. The lowest BCUT2D eigenvalue weighted by Gasteiger charge is -2.43. The monoisotopic (exact) mass is 222 g/mol. The van der Waals surface area contributed by atoms with Crippen molar-refractivity contribution in [3.8, 4) is 0 Å². The largest absolute Gasteiger partial charge is 0.394 e. The molecule has 7 nitrogen and oxygen atoms in total. The number of carbonyl (C=O) groups excluding carboxylic acids is 1. The van der Waals surface area contributed by atoms with E-state index >= 15 is 0 Å². The highest BCUT2D eigenvalue weighted by atomic mass is 16.7. The van der Waals surface area contributed by atoms with E-state index in [1.54, 1.807) is 0 Å². The third-order valence-electron chi connectivity index (χ3n) is 2.47. The van der Waals surface area contributed by atoms with Crippen LogP contribution in [0.5, 0.6) is 0 Å². The normalized spacial score (nSPS) is 46.5. The summed E-state index contributed by atoms with van der Waals surface area (Å²) >= 11 is 0. The molecular weight excluding hydrogens is 208 g/mol. The smallest absolute Gasteiger partial charge is 0.256 e. The zero-order chi connectivity index (χ0) is 11.8. The van der Waals surface area contributed by atoms with E-state index in [1.807, 2.05) is 0 Å². The molecule has 1 aliphatic rings. The minimum atomic E-state index is -2.59. The molecule has 1 rings (SSSR count). The number of ketones is 1. The Labute approximate surface area is 85.5 Å². The molecule has 0 aliphatic carbocycles. The minimum absolute atomic E-state index is 0.694. The number of rotatable bonds is 2. The quantitative estimate of drug-likeness (QED) is 0.332. The van der Waals surface area contributed by atoms with Gasteiger partial charge in [0.15, 0.2) is 5.78 Å². The van der Waals surface area contributed by atoms with E-state index in [0.717, 1.165) is 6.92 Å². The van der Waals surface area contributed by atoms with Gasteiger partial charge in [0.2, 0.25) is 0 Å². The minimum Gasteiger partial charge on any atom is -0.394 e. The Morgan fingerprint density at radius 3 is 2.27 bits per heavy atom. The van der Waals surface area contributed by atoms with Crippen LogP contribution in [0.15, 0.2) is 0 Å². The van der Waals surface area contributed by atoms with Crippen molar-refractivity contribution in [2.24, 2.45) is 0 Å². The molecule has 15 heavy (non-hydrogen) atoms. The number of hydrogen-bond donors (Lipinski definition) is 5. The molecule has 0 radical (unpaired) electrons. The van der Waals surface area contributed by atoms with Crippen LogP contribution >= 0.6 is 0 Å². The molecule has 0 aromatic heterocycles. The van der Waals surface area contributed by atoms with Gasteiger partial charge in [-0.3, -0.25) is 4.79 Å². The summed E-state index contributed by atoms with van der Waals surface area (Å²) in [4.78, 5) is 11.0. The predicted molar refractivity (Wildman–Crippen MR) is 45.6 cm³/mol. The average Bonchev–Trinajstić information content (AvgIpc) is 2.20. The van der Waals surface area contributed by atoms with Crippen molar-refractivity contribution in [2.75, 3.05) is 6.61 Å². The number of aliphatic hydroxyl groups excluding tert-OH is 4. The third-order valence-corrected chi connectivity index (χ3v) is 2.47. The number of ether oxygens (including phenoxy) is 1. The number of aliphatic hydroxyl groups is 5. The summed E-state index contributed by atoms with van der Waals surface area (Å²) in [5.41, 5.74) is 0. The molecule has 7 heteroatoms. The summed E-state index contributed by atoms with van der Waals surface area (Å²) in [6, 6.07) is 0. The zero-order valence-electron chi connectivity index (χ0n) is 8.07. The first-order valence-electron chi connectivity index (χ1n) is 4.41. The summed E-state index contributed by atoms with van der Waals surface area (Å²) in [6.07, 6.45) is -6.60. The maximum Gasteiger partial charge on any atom is 0.256 e. The molecule has 0 bridgehead atoms. The van der Waals surface area contributed by atoms with Crippen LogP contribution in [0.25, 0.3) is 0 Å². The average molecular weight is 222 g/mol. The Balaban J connectivity index is 2.97. The summed E-state index contributed by atoms with van der Waals surface area (Å²) in [6.45, 7) is 0.266. The SMILES string of the molecule is CC(=O)[C@]1(O)O[C@H](CO)[C@@H](O)[C@H](O)[C@H]1O. The highest BCUT2D eigenvalue weighted by molar-refractivity contribution is 5.84. The van der Waals surface area contributed by atoms with Crippen LogP contribution in [0.4, 0.5) is 0 Å². The third kappa shape index (κ3) is 1.89. The van der Waals surface area contributed by atoms with Gasteiger partial charge in [0.25, 0.3) is 5.79 Å². The molecule has 0 unspecified atom stereocenters. The molecule has 0 saturated carbocycles. The van der Waals surface area contributed by atoms with Gasteiger partial charge in [0, 0.05) is 6.92 Å². The fourth-order valence-electron chi connectivity index (χ4n) is 1.44. The molecule has 0 spiro atoms. The van der Waals surface area contributed by atoms with Crippen LogP contribution < -0.4 is 0 Å². The number of Topliss-reactive ketones (excluding diaryl/α,β-unsaturated/α-hetero) is 1. The van der Waals surface area contributed by atoms with Crippen molar-refractivity contribution in [1.82, 2.24) is 0 Å². The van der Waals surface area contributed by atoms with Gasteiger partial charge in [0.05, 0.1) is 6.61 Å². The Morgan fingerprint density at radius 1 is 1.33 bits per heavy atom. The molecule has 1 heterocycles. The lowest BCUT2D eigenvalue weighted by molar-refractivity contribution is -0.330. The summed E-state index contributed by atoms with van der Waals surface area (Å²) < 4.78 is 4.68. The Hall–Kier alpha value is -0.570. The van der Waals surface area contributed by atoms with E-state index < -0.39 is 42.6 Å². The van der Waals surface area contributed by atoms with Gasteiger partial charge < -0.3 is 30.3 Å². The van der Waals surface area contributed by atoms with Gasteiger partial charge in [-0.25, -0.2) is 0 Å². The molecule has 0 aromatic rings. The maximum absolute atomic E-state index is 11.0. The van der Waals surface area contributed by atoms with Crippen molar-refractivity contribution < 1.29 is 35.1 Å². The van der Waals surface area contributed by atoms with Crippen molar-refractivity contribution in [3.63, 3.8) is 0 Å². The lowest BCUT2D eigenvalue weighted by atomic mass is 9.90. The molecule has 1 fully saturated rings. The van der Waals surface area contributed by atoms with E-state index in [4.69, 9.17) is 5.11 Å². The van der Waals surface area contributed by atoms with Crippen molar-refractivity contribution in [1.29, 1.82) is 0 Å². The van der Waals surface area contributed by atoms with Crippen molar-refractivity contribution >= 4 is 5.78 Å². The molecule has 0 amide bonds. The van der Waals surface area contributed by atoms with Gasteiger partial charge in [-0.1, -0.05) is 0 Å². The summed E-state index contributed by atoms with van der Waals surface area (Å²) in [5, 5.41) is 46.4. The fourth-order valence-corrected chi connectivity index (χ4v) is 1.44. The van der Waals surface area contributed by atoms with Gasteiger partial charge in [-0.15, -0.1) is 0 Å². The number of hydrogen-bond acceptors (Lipinski definition) is 7. The van der Waals surface area contributed by atoms with E-state index in [2.05, 4.69) is 4.74 Å². The first-order chi connectivity index (χ1) is 6.84. The second kappa shape index (κ2) is 4.12. The van der Waals surface area contributed by atoms with Crippen LogP contribution in [-0.2, 0) is 9.53 Å². The Morgan fingerprint density at radius 2 is 1.87 bits per heavy atom. The predicted octanol–water partition coefficient (Wildman–Crippen LogP) is -3.26. The first-order valence-corrected chi connectivity index (χ1v) is 4.41. The molecule has 5 N–H and O–H groups in total. The summed E-state index contributed by atoms with van der Waals surface area (Å²) in [5.74, 6) is -3.51. The van der Waals surface area contributed by atoms with E-state index in [1.165, 1.54) is 0 Å². The standard InChI is InChI=1S/C8H14O7/c1-3(10)8(14)7(13)6(12)5(11)4(2-9)15-8/h4-7,9,11-14H,2H2,1H3/t4-,5-,6+,7-,8+/m1/s1. The van der Waals surface area contributed by atoms with Gasteiger partial charge in [0.1, 0.15) is 24.4 Å².